The van der Waals surface area contributed by atoms with Gasteiger partial charge in [0, 0.05) is 12.6 Å². The lowest BCUT2D eigenvalue weighted by atomic mass is 9.95. The van der Waals surface area contributed by atoms with Crippen molar-refractivity contribution >= 4 is 29.0 Å². The summed E-state index contributed by atoms with van der Waals surface area (Å²) in [6.07, 6.45) is 3.01. The Kier molecular flexibility index (Phi) is 7.75. The van der Waals surface area contributed by atoms with Crippen LogP contribution in [0.5, 0.6) is 0 Å². The van der Waals surface area contributed by atoms with Crippen LogP contribution in [0.4, 0.5) is 11.5 Å². The van der Waals surface area contributed by atoms with Gasteiger partial charge in [0.15, 0.2) is 0 Å². The molecule has 3 rings (SSSR count). The smallest absolute Gasteiger partial charge is 0.287 e. The van der Waals surface area contributed by atoms with Gasteiger partial charge in [0.25, 0.3) is 0 Å². The average molecular weight is 463 g/mol. The Balaban J connectivity index is 2.16. The lowest BCUT2D eigenvalue weighted by Crippen LogP contribution is -2.32. The van der Waals surface area contributed by atoms with Crippen LogP contribution >= 0.6 is 11.6 Å². The first-order valence-corrected chi connectivity index (χ1v) is 10.9. The van der Waals surface area contributed by atoms with E-state index in [1.807, 2.05) is 43.3 Å². The molecule has 168 valence electrons. The van der Waals surface area contributed by atoms with Gasteiger partial charge >= 0.3 is 5.69 Å². The second-order valence-electron chi connectivity index (χ2n) is 7.56. The van der Waals surface area contributed by atoms with E-state index < -0.39 is 4.92 Å². The molecule has 0 N–H and O–H groups in total. The molecular weight excluding hydrogens is 440 g/mol. The van der Waals surface area contributed by atoms with Crippen LogP contribution in [-0.2, 0) is 11.3 Å². The Morgan fingerprint density at radius 1 is 1.18 bits per heavy atom. The molecule has 1 heterocycles. The van der Waals surface area contributed by atoms with Crippen molar-refractivity contribution in [2.45, 2.75) is 39.7 Å². The lowest BCUT2D eigenvalue weighted by Gasteiger charge is -2.24. The van der Waals surface area contributed by atoms with Crippen LogP contribution in [0.3, 0.4) is 0 Å². The fourth-order valence-corrected chi connectivity index (χ4v) is 3.76. The van der Waals surface area contributed by atoms with Gasteiger partial charge in [0.2, 0.25) is 11.7 Å². The molecule has 0 radical (unpaired) electrons. The highest BCUT2D eigenvalue weighted by Gasteiger charge is 2.30. The highest BCUT2D eigenvalue weighted by molar-refractivity contribution is 6.31. The van der Waals surface area contributed by atoms with Gasteiger partial charge in [0.1, 0.15) is 0 Å². The largest absolute Gasteiger partial charge is 0.316 e. The van der Waals surface area contributed by atoms with Crippen LogP contribution in [0.1, 0.15) is 42.9 Å². The summed E-state index contributed by atoms with van der Waals surface area (Å²) >= 11 is 6.10. The predicted octanol–water partition coefficient (Wildman–Crippen LogP) is 6.21. The zero-order valence-corrected chi connectivity index (χ0v) is 19.2. The first-order valence-electron chi connectivity index (χ1n) is 10.6. The molecular formula is C25H23ClN4O3. The van der Waals surface area contributed by atoms with Crippen LogP contribution in [0.2, 0.25) is 5.02 Å². The van der Waals surface area contributed by atoms with Crippen LogP contribution in [0.15, 0.2) is 54.7 Å². The van der Waals surface area contributed by atoms with Crippen LogP contribution < -0.4 is 4.90 Å². The number of hydrogen-bond donors (Lipinski definition) is 0. The summed E-state index contributed by atoms with van der Waals surface area (Å²) in [6.45, 7) is 3.57. The normalized spacial score (nSPS) is 10.5. The number of pyridine rings is 1. The molecule has 33 heavy (non-hydrogen) atoms. The second kappa shape index (κ2) is 10.7. The number of unbranched alkanes of at least 4 members (excludes halogenated alkanes) is 1. The van der Waals surface area contributed by atoms with E-state index in [9.17, 15) is 20.2 Å². The number of nitro groups is 1. The maximum Gasteiger partial charge on any atom is 0.316 e. The third-order valence-corrected chi connectivity index (χ3v) is 5.77. The molecule has 0 aliphatic carbocycles. The quantitative estimate of drug-likeness (QED) is 0.292. The second-order valence-corrected chi connectivity index (χ2v) is 7.97. The first kappa shape index (κ1) is 23.9. The van der Waals surface area contributed by atoms with Crippen LogP contribution in [0, 0.1) is 28.4 Å². The summed E-state index contributed by atoms with van der Waals surface area (Å²) in [5, 5.41) is 21.6. The molecule has 0 saturated carbocycles. The van der Waals surface area contributed by atoms with Gasteiger partial charge in [-0.3, -0.25) is 19.8 Å². The Morgan fingerprint density at radius 2 is 1.85 bits per heavy atom. The van der Waals surface area contributed by atoms with Crippen molar-refractivity contribution in [3.63, 3.8) is 0 Å². The van der Waals surface area contributed by atoms with Gasteiger partial charge in [-0.05, 0) is 36.1 Å². The van der Waals surface area contributed by atoms with Crippen molar-refractivity contribution in [2.75, 3.05) is 4.90 Å². The third-order valence-electron chi connectivity index (χ3n) is 5.39. The monoisotopic (exact) mass is 462 g/mol. The van der Waals surface area contributed by atoms with Crippen molar-refractivity contribution < 1.29 is 9.72 Å². The molecule has 0 spiro atoms. The summed E-state index contributed by atoms with van der Waals surface area (Å²) < 4.78 is 0. The van der Waals surface area contributed by atoms with Gasteiger partial charge in [0.05, 0.1) is 33.7 Å². The maximum atomic E-state index is 13.2. The van der Waals surface area contributed by atoms with E-state index in [0.717, 1.165) is 23.1 Å². The summed E-state index contributed by atoms with van der Waals surface area (Å²) in [7, 11) is 0. The number of rotatable bonds is 8. The SMILES string of the molecule is CCCCC(=O)N(Cc1ccccc1-c1ccccc1C#N)c1ncc(Cl)c(C)c1[N+](=O)[O-]. The van der Waals surface area contributed by atoms with Gasteiger partial charge in [-0.25, -0.2) is 4.98 Å². The molecule has 1 aromatic heterocycles. The lowest BCUT2D eigenvalue weighted by molar-refractivity contribution is -0.384. The van der Waals surface area contributed by atoms with Crippen molar-refractivity contribution in [1.29, 1.82) is 5.26 Å². The number of amides is 1. The van der Waals surface area contributed by atoms with Gasteiger partial charge in [-0.1, -0.05) is 67.4 Å². The number of anilines is 1. The molecule has 0 unspecified atom stereocenters. The summed E-state index contributed by atoms with van der Waals surface area (Å²) in [6, 6.07) is 16.8. The molecule has 8 heteroatoms. The highest BCUT2D eigenvalue weighted by atomic mass is 35.5. The fourth-order valence-electron chi connectivity index (χ4n) is 3.62. The minimum absolute atomic E-state index is 0.0358. The number of carbonyl (C=O) groups excluding carboxylic acids is 1. The minimum atomic E-state index is -0.555. The molecule has 0 fully saturated rings. The van der Waals surface area contributed by atoms with Crippen molar-refractivity contribution in [3.8, 4) is 17.2 Å². The number of hydrogen-bond acceptors (Lipinski definition) is 5. The standard InChI is InChI=1S/C25H23ClN4O3/c1-3-4-13-23(31)29(25-24(30(32)33)17(2)22(26)15-28-25)16-19-10-6-8-12-21(19)20-11-7-5-9-18(20)14-27/h5-12,15H,3-4,13,16H2,1-2H3. The number of benzene rings is 2. The van der Waals surface area contributed by atoms with Crippen LogP contribution in [0.25, 0.3) is 11.1 Å². The molecule has 0 aliphatic rings. The summed E-state index contributed by atoms with van der Waals surface area (Å²) in [5.41, 5.74) is 2.71. The molecule has 0 saturated heterocycles. The Labute approximate surface area is 197 Å². The third kappa shape index (κ3) is 5.18. The highest BCUT2D eigenvalue weighted by Crippen LogP contribution is 2.36. The van der Waals surface area contributed by atoms with Crippen molar-refractivity contribution in [2.24, 2.45) is 0 Å². The van der Waals surface area contributed by atoms with E-state index >= 15 is 0 Å². The number of carbonyl (C=O) groups is 1. The summed E-state index contributed by atoms with van der Waals surface area (Å²) in [5.74, 6) is -0.302. The van der Waals surface area contributed by atoms with Gasteiger partial charge < -0.3 is 0 Å². The van der Waals surface area contributed by atoms with Gasteiger partial charge in [-0.15, -0.1) is 0 Å². The number of aromatic nitrogens is 1. The topological polar surface area (TPSA) is 100 Å². The summed E-state index contributed by atoms with van der Waals surface area (Å²) in [4.78, 5) is 30.1. The fraction of sp³-hybridized carbons (Fsp3) is 0.240. The molecule has 7 nitrogen and oxygen atoms in total. The molecule has 1 amide bonds. The van der Waals surface area contributed by atoms with E-state index in [4.69, 9.17) is 11.6 Å². The molecule has 0 atom stereocenters. The number of nitrogens with zero attached hydrogens (tertiary/aromatic N) is 4. The van der Waals surface area contributed by atoms with E-state index in [1.165, 1.54) is 18.0 Å². The number of nitriles is 1. The Hall–Kier alpha value is -3.76. The van der Waals surface area contributed by atoms with E-state index in [0.29, 0.717) is 12.0 Å². The van der Waals surface area contributed by atoms with Crippen molar-refractivity contribution in [3.05, 3.63) is 86.6 Å². The Bertz CT molecular complexity index is 1240. The first-order chi connectivity index (χ1) is 15.9. The molecule has 0 bridgehead atoms. The maximum absolute atomic E-state index is 13.2. The van der Waals surface area contributed by atoms with E-state index in [2.05, 4.69) is 11.1 Å². The van der Waals surface area contributed by atoms with Gasteiger partial charge in [-0.2, -0.15) is 5.26 Å². The molecule has 3 aromatic rings. The Morgan fingerprint density at radius 3 is 2.52 bits per heavy atom. The zero-order chi connectivity index (χ0) is 24.0. The van der Waals surface area contributed by atoms with E-state index in [1.54, 1.807) is 12.1 Å². The van der Waals surface area contributed by atoms with Crippen LogP contribution in [-0.4, -0.2) is 15.8 Å². The average Bonchev–Trinajstić information content (AvgIpc) is 2.82. The minimum Gasteiger partial charge on any atom is -0.287 e. The molecule has 2 aromatic carbocycles. The number of halogens is 1. The molecule has 0 aliphatic heterocycles. The zero-order valence-electron chi connectivity index (χ0n) is 18.4. The predicted molar refractivity (Wildman–Crippen MR) is 128 cm³/mol. The van der Waals surface area contributed by atoms with E-state index in [-0.39, 0.29) is 41.0 Å². The van der Waals surface area contributed by atoms with Crippen molar-refractivity contribution in [1.82, 2.24) is 4.98 Å².